The summed E-state index contributed by atoms with van der Waals surface area (Å²) < 4.78 is 11.8. The van der Waals surface area contributed by atoms with Gasteiger partial charge in [-0.25, -0.2) is 5.43 Å². The van der Waals surface area contributed by atoms with Gasteiger partial charge in [-0.15, -0.1) is 0 Å². The second-order valence-corrected chi connectivity index (χ2v) is 6.94. The average Bonchev–Trinajstić information content (AvgIpc) is 3.16. The van der Waals surface area contributed by atoms with Crippen molar-refractivity contribution < 1.29 is 18.9 Å². The molecule has 9 heteroatoms. The molecule has 0 radical (unpaired) electrons. The molecule has 0 atom stereocenters. The highest BCUT2D eigenvalue weighted by molar-refractivity contribution is 9.10. The zero-order valence-corrected chi connectivity index (χ0v) is 16.9. The summed E-state index contributed by atoms with van der Waals surface area (Å²) in [5.41, 5.74) is 3.71. The van der Waals surface area contributed by atoms with Crippen LogP contribution in [-0.4, -0.2) is 23.7 Å². The van der Waals surface area contributed by atoms with Crippen molar-refractivity contribution in [2.45, 2.75) is 6.92 Å². The van der Waals surface area contributed by atoms with Crippen molar-refractivity contribution in [2.75, 3.05) is 6.61 Å². The van der Waals surface area contributed by atoms with Crippen molar-refractivity contribution >= 4 is 33.7 Å². The Bertz CT molecular complexity index is 1080. The maximum atomic E-state index is 11.9. The van der Waals surface area contributed by atoms with Gasteiger partial charge in [-0.2, -0.15) is 5.10 Å². The average molecular weight is 458 g/mol. The first-order chi connectivity index (χ1) is 13.9. The number of carbonyl (C=O) groups excluding carboxylic acids is 1. The van der Waals surface area contributed by atoms with Gasteiger partial charge in [0.05, 0.1) is 11.1 Å². The number of hydrazone groups is 1. The Labute approximate surface area is 174 Å². The van der Waals surface area contributed by atoms with E-state index in [4.69, 9.17) is 9.15 Å². The van der Waals surface area contributed by atoms with Crippen LogP contribution in [-0.2, 0) is 4.79 Å². The summed E-state index contributed by atoms with van der Waals surface area (Å²) in [5, 5.41) is 14.9. The second kappa shape index (κ2) is 9.16. The molecule has 0 unspecified atom stereocenters. The topological polar surface area (TPSA) is 107 Å². The van der Waals surface area contributed by atoms with Crippen molar-refractivity contribution in [1.82, 2.24) is 5.43 Å². The van der Waals surface area contributed by atoms with Crippen molar-refractivity contribution in [3.63, 3.8) is 0 Å². The molecule has 1 N–H and O–H groups in total. The van der Waals surface area contributed by atoms with E-state index >= 15 is 0 Å². The van der Waals surface area contributed by atoms with Gasteiger partial charge in [-0.3, -0.25) is 14.9 Å². The van der Waals surface area contributed by atoms with Crippen LogP contribution in [0.2, 0.25) is 0 Å². The fraction of sp³-hybridized carbons (Fsp3) is 0.100. The maximum Gasteiger partial charge on any atom is 0.311 e. The molecule has 1 amide bonds. The van der Waals surface area contributed by atoms with E-state index in [0.717, 1.165) is 15.6 Å². The van der Waals surface area contributed by atoms with Crippen LogP contribution >= 0.6 is 15.9 Å². The van der Waals surface area contributed by atoms with Crippen molar-refractivity contribution in [3.05, 3.63) is 80.5 Å². The van der Waals surface area contributed by atoms with Gasteiger partial charge in [-0.1, -0.05) is 34.1 Å². The summed E-state index contributed by atoms with van der Waals surface area (Å²) in [6, 6.07) is 15.7. The van der Waals surface area contributed by atoms with Crippen LogP contribution < -0.4 is 10.2 Å². The van der Waals surface area contributed by atoms with E-state index in [9.17, 15) is 14.9 Å². The number of amides is 1. The van der Waals surface area contributed by atoms with Crippen LogP contribution in [0.3, 0.4) is 0 Å². The molecule has 29 heavy (non-hydrogen) atoms. The predicted octanol–water partition coefficient (Wildman–Crippen LogP) is 4.45. The van der Waals surface area contributed by atoms with Gasteiger partial charge in [0.2, 0.25) is 0 Å². The SMILES string of the molecule is Cc1ccc(OCC(=O)NN=Cc2ccc(-c3cccc(Br)c3)o2)c([N+](=O)[O-])c1. The lowest BCUT2D eigenvalue weighted by atomic mass is 10.2. The summed E-state index contributed by atoms with van der Waals surface area (Å²) in [7, 11) is 0. The van der Waals surface area contributed by atoms with Gasteiger partial charge >= 0.3 is 5.69 Å². The summed E-state index contributed by atoms with van der Waals surface area (Å²) in [4.78, 5) is 22.4. The van der Waals surface area contributed by atoms with Crippen LogP contribution in [0.4, 0.5) is 5.69 Å². The molecule has 2 aromatic carbocycles. The molecule has 0 aliphatic carbocycles. The molecule has 0 bridgehead atoms. The van der Waals surface area contributed by atoms with Gasteiger partial charge in [0.15, 0.2) is 12.4 Å². The highest BCUT2D eigenvalue weighted by atomic mass is 79.9. The molecule has 1 aromatic heterocycles. The van der Waals surface area contributed by atoms with Crippen LogP contribution in [0.25, 0.3) is 11.3 Å². The number of hydrogen-bond donors (Lipinski definition) is 1. The van der Waals surface area contributed by atoms with E-state index in [0.29, 0.717) is 11.5 Å². The van der Waals surface area contributed by atoms with Crippen molar-refractivity contribution in [2.24, 2.45) is 5.10 Å². The Morgan fingerprint density at radius 1 is 1.28 bits per heavy atom. The van der Waals surface area contributed by atoms with E-state index in [1.165, 1.54) is 18.3 Å². The lowest BCUT2D eigenvalue weighted by Crippen LogP contribution is -2.24. The third kappa shape index (κ3) is 5.52. The highest BCUT2D eigenvalue weighted by Gasteiger charge is 2.16. The lowest BCUT2D eigenvalue weighted by Gasteiger charge is -2.06. The Balaban J connectivity index is 1.55. The minimum atomic E-state index is -0.560. The largest absolute Gasteiger partial charge is 0.477 e. The number of nitro benzene ring substituents is 1. The minimum Gasteiger partial charge on any atom is -0.477 e. The Hall–Kier alpha value is -3.46. The Morgan fingerprint density at radius 3 is 2.86 bits per heavy atom. The van der Waals surface area contributed by atoms with Crippen LogP contribution in [0.5, 0.6) is 5.75 Å². The Kier molecular flexibility index (Phi) is 6.40. The van der Waals surface area contributed by atoms with Crippen molar-refractivity contribution in [3.8, 4) is 17.1 Å². The van der Waals surface area contributed by atoms with Crippen LogP contribution in [0.15, 0.2) is 68.6 Å². The molecule has 0 saturated heterocycles. The molecule has 8 nitrogen and oxygen atoms in total. The number of benzene rings is 2. The molecule has 148 valence electrons. The number of nitrogens with one attached hydrogen (secondary N) is 1. The number of nitrogens with zero attached hydrogens (tertiary/aromatic N) is 2. The Morgan fingerprint density at radius 2 is 2.10 bits per heavy atom. The first-order valence-corrected chi connectivity index (χ1v) is 9.27. The van der Waals surface area contributed by atoms with Gasteiger partial charge < -0.3 is 9.15 Å². The number of hydrogen-bond acceptors (Lipinski definition) is 6. The molecular formula is C20H16BrN3O5. The molecule has 1 heterocycles. The van der Waals surface area contributed by atoms with E-state index in [1.807, 2.05) is 24.3 Å². The molecule has 0 aliphatic heterocycles. The van der Waals surface area contributed by atoms with E-state index in [2.05, 4.69) is 26.5 Å². The molecule has 0 saturated carbocycles. The fourth-order valence-electron chi connectivity index (χ4n) is 2.45. The lowest BCUT2D eigenvalue weighted by molar-refractivity contribution is -0.385. The highest BCUT2D eigenvalue weighted by Crippen LogP contribution is 2.27. The van der Waals surface area contributed by atoms with Gasteiger partial charge in [0, 0.05) is 16.1 Å². The first kappa shape index (κ1) is 20.3. The molecule has 0 aliphatic rings. The first-order valence-electron chi connectivity index (χ1n) is 8.48. The smallest absolute Gasteiger partial charge is 0.311 e. The normalized spacial score (nSPS) is 10.8. The quantitative estimate of drug-likeness (QED) is 0.320. The van der Waals surface area contributed by atoms with Crippen molar-refractivity contribution in [1.29, 1.82) is 0 Å². The van der Waals surface area contributed by atoms with Gasteiger partial charge in [0.25, 0.3) is 5.91 Å². The standard InChI is InChI=1S/C20H16BrN3O5/c1-13-5-7-19(17(9-13)24(26)27)28-12-20(25)23-22-11-16-6-8-18(29-16)14-3-2-4-15(21)10-14/h2-11H,12H2,1H3,(H,23,25). The summed E-state index contributed by atoms with van der Waals surface area (Å²) in [6.07, 6.45) is 1.35. The molecule has 0 fully saturated rings. The third-order valence-corrected chi connectivity index (χ3v) is 4.28. The second-order valence-electron chi connectivity index (χ2n) is 6.02. The molecule has 0 spiro atoms. The van der Waals surface area contributed by atoms with Gasteiger partial charge in [-0.05, 0) is 42.8 Å². The third-order valence-electron chi connectivity index (χ3n) is 3.79. The molecule has 3 rings (SSSR count). The zero-order valence-electron chi connectivity index (χ0n) is 15.3. The summed E-state index contributed by atoms with van der Waals surface area (Å²) >= 11 is 3.41. The molecular weight excluding hydrogens is 442 g/mol. The monoisotopic (exact) mass is 457 g/mol. The molecule has 3 aromatic rings. The maximum absolute atomic E-state index is 11.9. The number of carbonyl (C=O) groups is 1. The fourth-order valence-corrected chi connectivity index (χ4v) is 2.85. The minimum absolute atomic E-state index is 0.0180. The van der Waals surface area contributed by atoms with E-state index < -0.39 is 17.4 Å². The number of aryl methyl sites for hydroxylation is 1. The van der Waals surface area contributed by atoms with Crippen LogP contribution in [0, 0.1) is 17.0 Å². The van der Waals surface area contributed by atoms with E-state index in [1.54, 1.807) is 25.1 Å². The summed E-state index contributed by atoms with van der Waals surface area (Å²) in [5.74, 6) is 0.573. The predicted molar refractivity (Wildman–Crippen MR) is 111 cm³/mol. The number of rotatable bonds is 7. The number of nitro groups is 1. The van der Waals surface area contributed by atoms with Crippen LogP contribution in [0.1, 0.15) is 11.3 Å². The zero-order chi connectivity index (χ0) is 20.8. The number of furan rings is 1. The number of ether oxygens (including phenoxy) is 1. The summed E-state index contributed by atoms with van der Waals surface area (Å²) in [6.45, 7) is 1.32. The van der Waals surface area contributed by atoms with E-state index in [-0.39, 0.29) is 11.4 Å². The number of halogens is 1. The van der Waals surface area contributed by atoms with Gasteiger partial charge in [0.1, 0.15) is 11.5 Å².